The Morgan fingerprint density at radius 1 is 1.02 bits per heavy atom. The summed E-state index contributed by atoms with van der Waals surface area (Å²) in [6.45, 7) is 5.49. The Morgan fingerprint density at radius 2 is 1.77 bits per heavy atom. The molecule has 8 nitrogen and oxygen atoms in total. The predicted octanol–water partition coefficient (Wildman–Crippen LogP) is 6.46. The van der Waals surface area contributed by atoms with E-state index in [0.717, 1.165) is 16.0 Å². The summed E-state index contributed by atoms with van der Waals surface area (Å²) in [4.78, 5) is 43.3. The van der Waals surface area contributed by atoms with Crippen molar-refractivity contribution < 1.29 is 23.9 Å². The summed E-state index contributed by atoms with van der Waals surface area (Å²) < 4.78 is 5.72. The van der Waals surface area contributed by atoms with Crippen LogP contribution in [0.1, 0.15) is 55.4 Å². The summed E-state index contributed by atoms with van der Waals surface area (Å²) in [5.74, 6) is -2.78. The van der Waals surface area contributed by atoms with Gasteiger partial charge in [-0.3, -0.25) is 4.79 Å². The lowest BCUT2D eigenvalue weighted by Crippen LogP contribution is -2.45. The zero-order chi connectivity index (χ0) is 28.6. The molecule has 0 radical (unpaired) electrons. The van der Waals surface area contributed by atoms with Gasteiger partial charge in [-0.1, -0.05) is 24.3 Å². The molecule has 9 heteroatoms. The molecule has 1 fully saturated rings. The summed E-state index contributed by atoms with van der Waals surface area (Å²) in [6, 6.07) is 18.0. The minimum absolute atomic E-state index is 0.102. The molecule has 1 saturated heterocycles. The van der Waals surface area contributed by atoms with E-state index in [1.807, 2.05) is 31.4 Å². The monoisotopic (exact) mass is 553 g/mol. The minimum Gasteiger partial charge on any atom is -0.480 e. The molecule has 4 atom stereocenters. The Labute approximate surface area is 235 Å². The van der Waals surface area contributed by atoms with Crippen LogP contribution < -0.4 is 5.32 Å². The molecule has 2 amide bonds. The first-order chi connectivity index (χ1) is 19.2. The van der Waals surface area contributed by atoms with Crippen molar-refractivity contribution in [2.24, 2.45) is 5.92 Å². The Balaban J connectivity index is 1.72. The number of nitrogens with one attached hydrogen (secondary N) is 1. The van der Waals surface area contributed by atoms with E-state index in [-0.39, 0.29) is 5.76 Å². The summed E-state index contributed by atoms with van der Waals surface area (Å²) in [5, 5.41) is 24.7. The number of rotatable bonds is 6. The van der Waals surface area contributed by atoms with Crippen molar-refractivity contribution in [1.29, 1.82) is 5.26 Å². The van der Waals surface area contributed by atoms with Crippen LogP contribution in [-0.2, 0) is 4.79 Å². The van der Waals surface area contributed by atoms with E-state index in [0.29, 0.717) is 22.6 Å². The molecule has 3 heterocycles. The maximum atomic E-state index is 14.2. The van der Waals surface area contributed by atoms with E-state index in [1.54, 1.807) is 61.5 Å². The van der Waals surface area contributed by atoms with Gasteiger partial charge >= 0.3 is 12.0 Å². The van der Waals surface area contributed by atoms with Crippen LogP contribution >= 0.6 is 11.3 Å². The van der Waals surface area contributed by atoms with Crippen molar-refractivity contribution in [2.45, 2.75) is 38.8 Å². The van der Waals surface area contributed by atoms with Gasteiger partial charge in [0.15, 0.2) is 5.76 Å². The highest BCUT2D eigenvalue weighted by Crippen LogP contribution is 2.53. The number of aryl methyl sites for hydroxylation is 3. The molecule has 202 valence electrons. The Morgan fingerprint density at radius 3 is 2.35 bits per heavy atom. The smallest absolute Gasteiger partial charge is 0.327 e. The van der Waals surface area contributed by atoms with Crippen molar-refractivity contribution in [2.75, 3.05) is 5.32 Å². The van der Waals surface area contributed by atoms with Gasteiger partial charge in [0, 0.05) is 16.5 Å². The lowest BCUT2D eigenvalue weighted by atomic mass is 9.79. The van der Waals surface area contributed by atoms with Gasteiger partial charge in [0.1, 0.15) is 11.8 Å². The summed E-state index contributed by atoms with van der Waals surface area (Å²) in [5.41, 5.74) is 3.22. The molecule has 2 aromatic heterocycles. The molecule has 2 aromatic carbocycles. The third-order valence-electron chi connectivity index (χ3n) is 7.30. The predicted molar refractivity (Wildman–Crippen MR) is 150 cm³/mol. The number of carboxylic acid groups (broad SMARTS) is 1. The number of carbonyl (C=O) groups is 3. The molecule has 4 unspecified atom stereocenters. The summed E-state index contributed by atoms with van der Waals surface area (Å²) in [6.07, 6.45) is 0. The van der Waals surface area contributed by atoms with Gasteiger partial charge in [0.25, 0.3) is 0 Å². The molecule has 0 aliphatic carbocycles. The highest BCUT2D eigenvalue weighted by Gasteiger charge is 2.58. The Kier molecular flexibility index (Phi) is 7.28. The second-order valence-corrected chi connectivity index (χ2v) is 10.9. The third kappa shape index (κ3) is 4.90. The molecule has 1 aliphatic heterocycles. The maximum absolute atomic E-state index is 14.2. The topological polar surface area (TPSA) is 124 Å². The van der Waals surface area contributed by atoms with Gasteiger partial charge in [0.2, 0.25) is 5.78 Å². The lowest BCUT2D eigenvalue weighted by Gasteiger charge is -2.30. The number of thiophene rings is 1. The van der Waals surface area contributed by atoms with E-state index in [9.17, 15) is 24.8 Å². The fraction of sp³-hybridized carbons (Fsp3) is 0.226. The van der Waals surface area contributed by atoms with Crippen LogP contribution in [0, 0.1) is 38.0 Å². The van der Waals surface area contributed by atoms with E-state index >= 15 is 0 Å². The highest BCUT2D eigenvalue weighted by molar-refractivity contribution is 7.10. The molecule has 0 spiro atoms. The molecule has 2 N–H and O–H groups in total. The number of carboxylic acids is 1. The number of aliphatic carboxylic acids is 1. The molecular formula is C31H27N3O5S. The quantitative estimate of drug-likeness (QED) is 0.264. The number of urea groups is 1. The van der Waals surface area contributed by atoms with Crippen molar-refractivity contribution in [3.8, 4) is 6.07 Å². The van der Waals surface area contributed by atoms with Gasteiger partial charge in [0.05, 0.1) is 23.6 Å². The van der Waals surface area contributed by atoms with Crippen molar-refractivity contribution in [3.05, 3.63) is 111 Å². The second kappa shape index (κ2) is 10.8. The first-order valence-electron chi connectivity index (χ1n) is 12.7. The van der Waals surface area contributed by atoms with Crippen molar-refractivity contribution in [3.63, 3.8) is 0 Å². The van der Waals surface area contributed by atoms with Gasteiger partial charge in [-0.25, -0.2) is 9.59 Å². The number of nitriles is 1. The molecule has 5 rings (SSSR count). The summed E-state index contributed by atoms with van der Waals surface area (Å²) in [7, 11) is 0. The molecule has 0 bridgehead atoms. The van der Waals surface area contributed by atoms with Crippen molar-refractivity contribution >= 4 is 34.8 Å². The number of hydrogen-bond donors (Lipinski definition) is 2. The SMILES string of the molecule is Cc1cccc(NC(=O)N2C(C(=O)O)C(c3sccc3C)C(C(=O)c3ccc(C)o3)C2c2ccc(C#N)cc2)c1. The number of benzene rings is 2. The molecule has 1 aliphatic rings. The zero-order valence-corrected chi connectivity index (χ0v) is 22.9. The van der Waals surface area contributed by atoms with E-state index in [1.165, 1.54) is 16.2 Å². The van der Waals surface area contributed by atoms with E-state index in [2.05, 4.69) is 11.4 Å². The molecule has 4 aromatic rings. The Bertz CT molecular complexity index is 1630. The first kappa shape index (κ1) is 26.9. The average Bonchev–Trinajstić information content (AvgIpc) is 3.64. The van der Waals surface area contributed by atoms with Crippen LogP contribution in [0.25, 0.3) is 0 Å². The minimum atomic E-state index is -1.35. The van der Waals surface area contributed by atoms with Crippen LogP contribution in [0.5, 0.6) is 0 Å². The second-order valence-electron chi connectivity index (χ2n) is 9.96. The third-order valence-corrected chi connectivity index (χ3v) is 8.42. The fourth-order valence-electron chi connectivity index (χ4n) is 5.54. The number of hydrogen-bond acceptors (Lipinski definition) is 6. The number of likely N-dealkylation sites (tertiary alicyclic amines) is 1. The van der Waals surface area contributed by atoms with Crippen LogP contribution in [0.15, 0.2) is 76.5 Å². The number of carbonyl (C=O) groups excluding carboxylic acids is 2. The maximum Gasteiger partial charge on any atom is 0.327 e. The molecule has 40 heavy (non-hydrogen) atoms. The summed E-state index contributed by atoms with van der Waals surface area (Å²) >= 11 is 1.36. The van der Waals surface area contributed by atoms with Crippen LogP contribution in [0.2, 0.25) is 0 Å². The van der Waals surface area contributed by atoms with E-state index < -0.39 is 41.7 Å². The van der Waals surface area contributed by atoms with Gasteiger partial charge in [-0.05, 0) is 85.3 Å². The van der Waals surface area contributed by atoms with Crippen LogP contribution in [0.4, 0.5) is 10.5 Å². The zero-order valence-electron chi connectivity index (χ0n) is 22.1. The number of amides is 2. The van der Waals surface area contributed by atoms with E-state index in [4.69, 9.17) is 4.42 Å². The highest BCUT2D eigenvalue weighted by atomic mass is 32.1. The average molecular weight is 554 g/mol. The van der Waals surface area contributed by atoms with Crippen LogP contribution in [-0.4, -0.2) is 33.8 Å². The normalized spacial score (nSPS) is 20.2. The number of Topliss-reactive ketones (excluding diaryl/α,β-unsaturated/α-hetero) is 1. The standard InChI is InChI=1S/C31H27N3O5S/c1-17-5-4-6-22(15-17)33-31(38)34-26(21-10-8-20(16-32)9-11-21)24(28(35)23-12-7-19(3)39-23)25(27(34)30(36)37)29-18(2)13-14-40-29/h4-15,24-27H,1-3H3,(H,33,38)(H,36,37). The number of anilines is 1. The number of nitrogens with zero attached hydrogens (tertiary/aromatic N) is 2. The van der Waals surface area contributed by atoms with Gasteiger partial charge in [-0.2, -0.15) is 5.26 Å². The number of ketones is 1. The molecular weight excluding hydrogens is 526 g/mol. The molecule has 0 saturated carbocycles. The lowest BCUT2D eigenvalue weighted by molar-refractivity contribution is -0.142. The van der Waals surface area contributed by atoms with Gasteiger partial charge < -0.3 is 19.7 Å². The fourth-order valence-corrected chi connectivity index (χ4v) is 6.65. The first-order valence-corrected chi connectivity index (χ1v) is 13.6. The number of furan rings is 1. The largest absolute Gasteiger partial charge is 0.480 e. The van der Waals surface area contributed by atoms with Crippen molar-refractivity contribution in [1.82, 2.24) is 4.90 Å². The Hall–Kier alpha value is -4.68. The van der Waals surface area contributed by atoms with Gasteiger partial charge in [-0.15, -0.1) is 11.3 Å². The van der Waals surface area contributed by atoms with Crippen LogP contribution in [0.3, 0.4) is 0 Å².